The summed E-state index contributed by atoms with van der Waals surface area (Å²) in [5, 5.41) is 2.98. The molecule has 1 aromatic rings. The molecular weight excluding hydrogens is 318 g/mol. The first-order valence-electron chi connectivity index (χ1n) is 7.07. The molecule has 0 radical (unpaired) electrons. The van der Waals surface area contributed by atoms with Gasteiger partial charge in [0.15, 0.2) is 0 Å². The number of carbonyl (C=O) groups excluding carboxylic acids is 1. The molecule has 2 atom stereocenters. The Morgan fingerprint density at radius 1 is 1.60 bits per heavy atom. The number of nitrogens with zero attached hydrogens (tertiary/aromatic N) is 1. The zero-order chi connectivity index (χ0) is 14.5. The summed E-state index contributed by atoms with van der Waals surface area (Å²) in [5.41, 5.74) is 6.86. The topological polar surface area (TPSA) is 58.4 Å². The van der Waals surface area contributed by atoms with Crippen molar-refractivity contribution in [3.63, 3.8) is 0 Å². The van der Waals surface area contributed by atoms with E-state index in [2.05, 4.69) is 44.3 Å². The Hall–Kier alpha value is -1.07. The van der Waals surface area contributed by atoms with Gasteiger partial charge in [0.05, 0.1) is 0 Å². The first-order chi connectivity index (χ1) is 9.54. The van der Waals surface area contributed by atoms with E-state index >= 15 is 0 Å². The molecule has 110 valence electrons. The molecule has 1 saturated heterocycles. The first kappa shape index (κ1) is 15.3. The average molecular weight is 340 g/mol. The van der Waals surface area contributed by atoms with E-state index in [1.165, 1.54) is 5.69 Å². The third-order valence-corrected chi connectivity index (χ3v) is 4.05. The lowest BCUT2D eigenvalue weighted by Gasteiger charge is -2.19. The van der Waals surface area contributed by atoms with E-state index in [0.717, 1.165) is 30.5 Å². The van der Waals surface area contributed by atoms with Crippen LogP contribution in [0.2, 0.25) is 0 Å². The lowest BCUT2D eigenvalue weighted by atomic mass is 10.1. The summed E-state index contributed by atoms with van der Waals surface area (Å²) in [6.45, 7) is 4.64. The monoisotopic (exact) mass is 339 g/mol. The van der Waals surface area contributed by atoms with Crippen molar-refractivity contribution >= 4 is 27.5 Å². The minimum atomic E-state index is -0.0725. The summed E-state index contributed by atoms with van der Waals surface area (Å²) < 4.78 is 1.10. The van der Waals surface area contributed by atoms with Crippen LogP contribution in [0.15, 0.2) is 28.7 Å². The van der Waals surface area contributed by atoms with E-state index in [9.17, 15) is 4.79 Å². The van der Waals surface area contributed by atoms with Crippen molar-refractivity contribution in [3.05, 3.63) is 28.7 Å². The molecule has 0 aliphatic carbocycles. The van der Waals surface area contributed by atoms with Crippen LogP contribution in [0.4, 0.5) is 5.69 Å². The third-order valence-electron chi connectivity index (χ3n) is 3.55. The van der Waals surface area contributed by atoms with Crippen LogP contribution >= 0.6 is 15.9 Å². The van der Waals surface area contributed by atoms with Gasteiger partial charge in [0, 0.05) is 42.3 Å². The highest BCUT2D eigenvalue weighted by molar-refractivity contribution is 9.10. The second-order valence-electron chi connectivity index (χ2n) is 5.57. The number of hydrogen-bond donors (Lipinski definition) is 2. The normalized spacial score (nSPS) is 19.9. The van der Waals surface area contributed by atoms with E-state index in [4.69, 9.17) is 5.73 Å². The molecule has 1 aliphatic rings. The molecule has 4 nitrogen and oxygen atoms in total. The zero-order valence-electron chi connectivity index (χ0n) is 11.8. The standard InChI is InChI=1S/C15H22BrN3O/c1-11(17)7-15(20)18-9-12-5-6-19(10-12)14-4-2-3-13(16)8-14/h2-4,8,11-12H,5-7,9-10,17H2,1H3,(H,18,20). The van der Waals surface area contributed by atoms with Crippen molar-refractivity contribution < 1.29 is 4.79 Å². The lowest BCUT2D eigenvalue weighted by Crippen LogP contribution is -2.34. The fourth-order valence-electron chi connectivity index (χ4n) is 2.53. The van der Waals surface area contributed by atoms with Crippen molar-refractivity contribution in [3.8, 4) is 0 Å². The van der Waals surface area contributed by atoms with Crippen molar-refractivity contribution in [2.24, 2.45) is 11.7 Å². The number of amides is 1. The fraction of sp³-hybridized carbons (Fsp3) is 0.533. The Kier molecular flexibility index (Phi) is 5.43. The number of benzene rings is 1. The van der Waals surface area contributed by atoms with Crippen LogP contribution in [0, 0.1) is 5.92 Å². The molecule has 1 heterocycles. The van der Waals surface area contributed by atoms with Gasteiger partial charge in [0.25, 0.3) is 0 Å². The van der Waals surface area contributed by atoms with E-state index in [-0.39, 0.29) is 11.9 Å². The van der Waals surface area contributed by atoms with Crippen LogP contribution in [0.3, 0.4) is 0 Å². The Labute approximate surface area is 128 Å². The van der Waals surface area contributed by atoms with E-state index in [0.29, 0.717) is 12.3 Å². The van der Waals surface area contributed by atoms with Crippen LogP contribution in [0.1, 0.15) is 19.8 Å². The minimum absolute atomic E-state index is 0.0564. The summed E-state index contributed by atoms with van der Waals surface area (Å²) in [6.07, 6.45) is 1.52. The number of carbonyl (C=O) groups is 1. The van der Waals surface area contributed by atoms with Crippen LogP contribution < -0.4 is 16.0 Å². The fourth-order valence-corrected chi connectivity index (χ4v) is 2.92. The number of rotatable bonds is 5. The smallest absolute Gasteiger partial charge is 0.221 e. The molecule has 2 unspecified atom stereocenters. The molecule has 1 amide bonds. The summed E-state index contributed by atoms with van der Waals surface area (Å²) in [5.74, 6) is 0.576. The van der Waals surface area contributed by atoms with Crippen molar-refractivity contribution in [1.82, 2.24) is 5.32 Å². The van der Waals surface area contributed by atoms with E-state index < -0.39 is 0 Å². The quantitative estimate of drug-likeness (QED) is 0.863. The van der Waals surface area contributed by atoms with Gasteiger partial charge in [-0.05, 0) is 37.5 Å². The molecule has 1 aliphatic heterocycles. The average Bonchev–Trinajstić information content (AvgIpc) is 2.84. The SMILES string of the molecule is CC(N)CC(=O)NCC1CCN(c2cccc(Br)c2)C1. The number of nitrogens with two attached hydrogens (primary N) is 1. The first-order valence-corrected chi connectivity index (χ1v) is 7.86. The Morgan fingerprint density at radius 2 is 2.40 bits per heavy atom. The molecule has 20 heavy (non-hydrogen) atoms. The molecule has 5 heteroatoms. The number of nitrogens with one attached hydrogen (secondary N) is 1. The highest BCUT2D eigenvalue weighted by Gasteiger charge is 2.23. The van der Waals surface area contributed by atoms with Gasteiger partial charge in [-0.3, -0.25) is 4.79 Å². The number of anilines is 1. The predicted molar refractivity (Wildman–Crippen MR) is 85.7 cm³/mol. The second-order valence-corrected chi connectivity index (χ2v) is 6.48. The molecule has 2 rings (SSSR count). The molecule has 3 N–H and O–H groups in total. The molecule has 0 spiro atoms. The van der Waals surface area contributed by atoms with Gasteiger partial charge in [-0.15, -0.1) is 0 Å². The maximum absolute atomic E-state index is 11.6. The summed E-state index contributed by atoms with van der Waals surface area (Å²) in [6, 6.07) is 8.28. The Bertz CT molecular complexity index is 464. The van der Waals surface area contributed by atoms with Gasteiger partial charge >= 0.3 is 0 Å². The van der Waals surface area contributed by atoms with Gasteiger partial charge in [-0.2, -0.15) is 0 Å². The lowest BCUT2D eigenvalue weighted by molar-refractivity contribution is -0.121. The number of hydrogen-bond acceptors (Lipinski definition) is 3. The van der Waals surface area contributed by atoms with E-state index in [1.807, 2.05) is 13.0 Å². The van der Waals surface area contributed by atoms with Crippen molar-refractivity contribution in [1.29, 1.82) is 0 Å². The van der Waals surface area contributed by atoms with Gasteiger partial charge < -0.3 is 16.0 Å². The molecule has 1 fully saturated rings. The maximum Gasteiger partial charge on any atom is 0.221 e. The summed E-state index contributed by atoms with van der Waals surface area (Å²) in [7, 11) is 0. The Morgan fingerprint density at radius 3 is 3.10 bits per heavy atom. The molecule has 0 saturated carbocycles. The largest absolute Gasteiger partial charge is 0.371 e. The Balaban J connectivity index is 1.79. The predicted octanol–water partition coefficient (Wildman–Crippen LogP) is 2.13. The van der Waals surface area contributed by atoms with E-state index in [1.54, 1.807) is 0 Å². The molecular formula is C15H22BrN3O. The highest BCUT2D eigenvalue weighted by Crippen LogP contribution is 2.25. The van der Waals surface area contributed by atoms with Crippen LogP contribution in [-0.4, -0.2) is 31.6 Å². The van der Waals surface area contributed by atoms with Crippen LogP contribution in [0.5, 0.6) is 0 Å². The maximum atomic E-state index is 11.6. The molecule has 1 aromatic carbocycles. The van der Waals surface area contributed by atoms with Crippen molar-refractivity contribution in [2.45, 2.75) is 25.8 Å². The van der Waals surface area contributed by atoms with Gasteiger partial charge in [-0.1, -0.05) is 22.0 Å². The van der Waals surface area contributed by atoms with Gasteiger partial charge in [-0.25, -0.2) is 0 Å². The third kappa shape index (κ3) is 4.49. The minimum Gasteiger partial charge on any atom is -0.371 e. The van der Waals surface area contributed by atoms with Crippen LogP contribution in [0.25, 0.3) is 0 Å². The van der Waals surface area contributed by atoms with Gasteiger partial charge in [0.1, 0.15) is 0 Å². The number of halogens is 1. The summed E-state index contributed by atoms with van der Waals surface area (Å²) >= 11 is 3.50. The van der Waals surface area contributed by atoms with Crippen molar-refractivity contribution in [2.75, 3.05) is 24.5 Å². The molecule has 0 bridgehead atoms. The van der Waals surface area contributed by atoms with Gasteiger partial charge in [0.2, 0.25) is 5.91 Å². The highest BCUT2D eigenvalue weighted by atomic mass is 79.9. The molecule has 0 aromatic heterocycles. The summed E-state index contributed by atoms with van der Waals surface area (Å²) in [4.78, 5) is 14.0. The second kappa shape index (κ2) is 7.09. The zero-order valence-corrected chi connectivity index (χ0v) is 13.4. The van der Waals surface area contributed by atoms with Crippen LogP contribution in [-0.2, 0) is 4.79 Å².